The number of aromatic hydroxyl groups is 1. The Morgan fingerprint density at radius 2 is 1.91 bits per heavy atom. The second-order valence-corrected chi connectivity index (χ2v) is 5.23. The molecule has 0 bridgehead atoms. The summed E-state index contributed by atoms with van der Waals surface area (Å²) in [6.07, 6.45) is -0.695. The standard InChI is InChI=1S/C17H17N3O3/c1-11(23-13-9-7-12(21)8-10-13)16(22)19-17-18-14-5-3-4-6-15(14)20(17)2/h3-11,21H,1-2H3,(H,18,19,22)/t11-/m1/s1. The van der Waals surface area contributed by atoms with Gasteiger partial charge in [-0.15, -0.1) is 0 Å². The van der Waals surface area contributed by atoms with Crippen molar-refractivity contribution < 1.29 is 14.6 Å². The maximum absolute atomic E-state index is 12.3. The molecule has 1 atom stereocenters. The van der Waals surface area contributed by atoms with E-state index in [0.717, 1.165) is 11.0 Å². The van der Waals surface area contributed by atoms with Crippen LogP contribution in [0.15, 0.2) is 48.5 Å². The molecule has 0 spiro atoms. The predicted octanol–water partition coefficient (Wildman–Crippen LogP) is 2.68. The molecule has 0 aliphatic carbocycles. The van der Waals surface area contributed by atoms with E-state index < -0.39 is 6.10 Å². The topological polar surface area (TPSA) is 76.4 Å². The van der Waals surface area contributed by atoms with Gasteiger partial charge in [-0.2, -0.15) is 0 Å². The highest BCUT2D eigenvalue weighted by molar-refractivity contribution is 5.94. The number of para-hydroxylation sites is 2. The molecule has 0 saturated carbocycles. The summed E-state index contributed by atoms with van der Waals surface area (Å²) in [5.41, 5.74) is 1.76. The van der Waals surface area contributed by atoms with Crippen molar-refractivity contribution >= 4 is 22.9 Å². The van der Waals surface area contributed by atoms with Gasteiger partial charge in [0, 0.05) is 7.05 Å². The van der Waals surface area contributed by atoms with Crippen molar-refractivity contribution in [1.82, 2.24) is 9.55 Å². The number of anilines is 1. The molecule has 3 rings (SSSR count). The minimum atomic E-state index is -0.695. The number of nitrogens with one attached hydrogen (secondary N) is 1. The van der Waals surface area contributed by atoms with Gasteiger partial charge in [0.15, 0.2) is 6.10 Å². The van der Waals surface area contributed by atoms with Gasteiger partial charge in [0.25, 0.3) is 5.91 Å². The molecular formula is C17H17N3O3. The fraction of sp³-hybridized carbons (Fsp3) is 0.176. The number of fused-ring (bicyclic) bond motifs is 1. The van der Waals surface area contributed by atoms with Crippen LogP contribution in [0.5, 0.6) is 11.5 Å². The summed E-state index contributed by atoms with van der Waals surface area (Å²) in [6.45, 7) is 1.66. The Kier molecular flexibility index (Phi) is 3.89. The van der Waals surface area contributed by atoms with E-state index in [1.807, 2.05) is 35.9 Å². The lowest BCUT2D eigenvalue weighted by atomic mass is 10.3. The SMILES string of the molecule is C[C@@H](Oc1ccc(O)cc1)C(=O)Nc1nc2ccccc2n1C. The Labute approximate surface area is 133 Å². The van der Waals surface area contributed by atoms with Gasteiger partial charge >= 0.3 is 0 Å². The normalized spacial score (nSPS) is 12.1. The molecule has 0 aliphatic rings. The largest absolute Gasteiger partial charge is 0.508 e. The van der Waals surface area contributed by atoms with Crippen molar-refractivity contribution in [2.24, 2.45) is 7.05 Å². The molecule has 1 amide bonds. The number of amides is 1. The summed E-state index contributed by atoms with van der Waals surface area (Å²) >= 11 is 0. The van der Waals surface area contributed by atoms with Crippen molar-refractivity contribution in [1.29, 1.82) is 0 Å². The third kappa shape index (κ3) is 3.11. The summed E-state index contributed by atoms with van der Waals surface area (Å²) in [5.74, 6) is 0.832. The Morgan fingerprint density at radius 3 is 2.61 bits per heavy atom. The average molecular weight is 311 g/mol. The smallest absolute Gasteiger partial charge is 0.267 e. The molecule has 6 heteroatoms. The number of rotatable bonds is 4. The van der Waals surface area contributed by atoms with Gasteiger partial charge in [0.2, 0.25) is 5.95 Å². The van der Waals surface area contributed by atoms with Gasteiger partial charge in [-0.3, -0.25) is 10.1 Å². The van der Waals surface area contributed by atoms with Gasteiger partial charge in [-0.05, 0) is 43.3 Å². The van der Waals surface area contributed by atoms with Gasteiger partial charge in [0.05, 0.1) is 11.0 Å². The highest BCUT2D eigenvalue weighted by Crippen LogP contribution is 2.19. The summed E-state index contributed by atoms with van der Waals surface area (Å²) in [6, 6.07) is 13.9. The molecule has 0 saturated heterocycles. The second-order valence-electron chi connectivity index (χ2n) is 5.23. The summed E-state index contributed by atoms with van der Waals surface area (Å²) in [5, 5.41) is 12.0. The van der Waals surface area contributed by atoms with Crippen molar-refractivity contribution in [3.8, 4) is 11.5 Å². The van der Waals surface area contributed by atoms with Crippen LogP contribution in [0.2, 0.25) is 0 Å². The lowest BCUT2D eigenvalue weighted by molar-refractivity contribution is -0.122. The van der Waals surface area contributed by atoms with Gasteiger partial charge in [-0.1, -0.05) is 12.1 Å². The van der Waals surface area contributed by atoms with Crippen molar-refractivity contribution in [3.05, 3.63) is 48.5 Å². The molecule has 0 fully saturated rings. The first-order chi connectivity index (χ1) is 11.0. The maximum Gasteiger partial charge on any atom is 0.267 e. The van der Waals surface area contributed by atoms with Crippen LogP contribution in [0.4, 0.5) is 5.95 Å². The third-order valence-electron chi connectivity index (χ3n) is 3.54. The van der Waals surface area contributed by atoms with Crippen LogP contribution in [-0.4, -0.2) is 26.7 Å². The molecule has 1 aromatic heterocycles. The molecule has 23 heavy (non-hydrogen) atoms. The lowest BCUT2D eigenvalue weighted by Gasteiger charge is -2.14. The lowest BCUT2D eigenvalue weighted by Crippen LogP contribution is -2.31. The van der Waals surface area contributed by atoms with E-state index in [0.29, 0.717) is 11.7 Å². The first kappa shape index (κ1) is 14.9. The zero-order chi connectivity index (χ0) is 16.4. The molecular weight excluding hydrogens is 294 g/mol. The number of carbonyl (C=O) groups is 1. The zero-order valence-corrected chi connectivity index (χ0v) is 12.9. The molecule has 2 aromatic carbocycles. The van der Waals surface area contributed by atoms with E-state index in [9.17, 15) is 9.90 Å². The van der Waals surface area contributed by atoms with Crippen LogP contribution in [-0.2, 0) is 11.8 Å². The van der Waals surface area contributed by atoms with Crippen molar-refractivity contribution in [2.45, 2.75) is 13.0 Å². The van der Waals surface area contributed by atoms with Crippen LogP contribution in [0.25, 0.3) is 11.0 Å². The fourth-order valence-electron chi connectivity index (χ4n) is 2.25. The Hall–Kier alpha value is -3.02. The number of carbonyl (C=O) groups excluding carboxylic acids is 1. The zero-order valence-electron chi connectivity index (χ0n) is 12.9. The number of imidazole rings is 1. The summed E-state index contributed by atoms with van der Waals surface area (Å²) < 4.78 is 7.38. The van der Waals surface area contributed by atoms with Crippen LogP contribution >= 0.6 is 0 Å². The molecule has 0 aliphatic heterocycles. The minimum Gasteiger partial charge on any atom is -0.508 e. The third-order valence-corrected chi connectivity index (χ3v) is 3.54. The van der Waals surface area contributed by atoms with Crippen LogP contribution < -0.4 is 10.1 Å². The molecule has 0 radical (unpaired) electrons. The molecule has 118 valence electrons. The minimum absolute atomic E-state index is 0.147. The van der Waals surface area contributed by atoms with E-state index in [-0.39, 0.29) is 11.7 Å². The predicted molar refractivity (Wildman–Crippen MR) is 87.5 cm³/mol. The number of aromatic nitrogens is 2. The summed E-state index contributed by atoms with van der Waals surface area (Å²) in [7, 11) is 1.84. The highest BCUT2D eigenvalue weighted by Gasteiger charge is 2.17. The Morgan fingerprint density at radius 1 is 1.22 bits per heavy atom. The monoisotopic (exact) mass is 311 g/mol. The molecule has 3 aromatic rings. The Balaban J connectivity index is 1.72. The van der Waals surface area contributed by atoms with E-state index in [2.05, 4.69) is 10.3 Å². The number of ether oxygens (including phenoxy) is 1. The molecule has 2 N–H and O–H groups in total. The summed E-state index contributed by atoms with van der Waals surface area (Å²) in [4.78, 5) is 16.7. The number of nitrogens with zero attached hydrogens (tertiary/aromatic N) is 2. The number of hydrogen-bond donors (Lipinski definition) is 2. The molecule has 0 unspecified atom stereocenters. The molecule has 1 heterocycles. The number of phenols is 1. The van der Waals surface area contributed by atoms with E-state index in [1.165, 1.54) is 12.1 Å². The quantitative estimate of drug-likeness (QED) is 0.776. The van der Waals surface area contributed by atoms with E-state index >= 15 is 0 Å². The van der Waals surface area contributed by atoms with Crippen molar-refractivity contribution in [3.63, 3.8) is 0 Å². The van der Waals surface area contributed by atoms with Crippen LogP contribution in [0.1, 0.15) is 6.92 Å². The number of hydrogen-bond acceptors (Lipinski definition) is 4. The fourth-order valence-corrected chi connectivity index (χ4v) is 2.25. The average Bonchev–Trinajstić information content (AvgIpc) is 2.86. The van der Waals surface area contributed by atoms with E-state index in [1.54, 1.807) is 19.1 Å². The highest BCUT2D eigenvalue weighted by atomic mass is 16.5. The number of benzene rings is 2. The first-order valence-electron chi connectivity index (χ1n) is 7.22. The first-order valence-corrected chi connectivity index (χ1v) is 7.22. The van der Waals surface area contributed by atoms with Gasteiger partial charge < -0.3 is 14.4 Å². The van der Waals surface area contributed by atoms with Crippen LogP contribution in [0, 0.1) is 0 Å². The van der Waals surface area contributed by atoms with Crippen molar-refractivity contribution in [2.75, 3.05) is 5.32 Å². The number of phenolic OH excluding ortho intramolecular Hbond substituents is 1. The van der Waals surface area contributed by atoms with Gasteiger partial charge in [-0.25, -0.2) is 4.98 Å². The molecule has 6 nitrogen and oxygen atoms in total. The van der Waals surface area contributed by atoms with Gasteiger partial charge in [0.1, 0.15) is 11.5 Å². The Bertz CT molecular complexity index is 840. The van der Waals surface area contributed by atoms with Crippen LogP contribution in [0.3, 0.4) is 0 Å². The number of aryl methyl sites for hydroxylation is 1. The second kappa shape index (κ2) is 6.00. The van der Waals surface area contributed by atoms with E-state index in [4.69, 9.17) is 4.74 Å². The maximum atomic E-state index is 12.3.